The summed E-state index contributed by atoms with van der Waals surface area (Å²) in [6, 6.07) is 8.21. The lowest BCUT2D eigenvalue weighted by Gasteiger charge is -2.10. The summed E-state index contributed by atoms with van der Waals surface area (Å²) in [7, 11) is 0. The van der Waals surface area contributed by atoms with Crippen LogP contribution >= 0.6 is 15.9 Å². The minimum atomic E-state index is 0.0764. The molecule has 0 bridgehead atoms. The van der Waals surface area contributed by atoms with Gasteiger partial charge in [-0.25, -0.2) is 0 Å². The Labute approximate surface area is 99.2 Å². The van der Waals surface area contributed by atoms with Crippen molar-refractivity contribution < 1.29 is 4.79 Å². The molecule has 1 rings (SSSR count). The summed E-state index contributed by atoms with van der Waals surface area (Å²) in [6.45, 7) is 4.01. The highest BCUT2D eigenvalue weighted by Crippen LogP contribution is 2.04. The van der Waals surface area contributed by atoms with E-state index in [4.69, 9.17) is 0 Å². The van der Waals surface area contributed by atoms with Crippen molar-refractivity contribution in [3.63, 3.8) is 0 Å². The Bertz CT molecular complexity index is 338. The van der Waals surface area contributed by atoms with E-state index in [0.717, 1.165) is 10.9 Å². The van der Waals surface area contributed by atoms with Crippen LogP contribution in [-0.2, 0) is 11.2 Å². The van der Waals surface area contributed by atoms with Crippen LogP contribution in [0.25, 0.3) is 0 Å². The van der Waals surface area contributed by atoms with Crippen molar-refractivity contribution in [3.8, 4) is 0 Å². The molecule has 0 heterocycles. The third-order valence-electron chi connectivity index (χ3n) is 2.09. The number of carbonyl (C=O) groups excluding carboxylic acids is 1. The van der Waals surface area contributed by atoms with Gasteiger partial charge < -0.3 is 5.32 Å². The number of halogens is 1. The van der Waals surface area contributed by atoms with Crippen molar-refractivity contribution >= 4 is 21.8 Å². The maximum atomic E-state index is 11.6. The van der Waals surface area contributed by atoms with Gasteiger partial charge in [0, 0.05) is 11.4 Å². The Morgan fingerprint density at radius 2 is 2.27 bits per heavy atom. The molecule has 1 atom stereocenters. The van der Waals surface area contributed by atoms with Crippen molar-refractivity contribution in [3.05, 3.63) is 35.4 Å². The normalized spacial score (nSPS) is 12.2. The molecule has 1 unspecified atom stereocenters. The lowest BCUT2D eigenvalue weighted by Crippen LogP contribution is -2.34. The fraction of sp³-hybridized carbons (Fsp3) is 0.417. The average molecular weight is 270 g/mol. The number of carbonyl (C=O) groups is 1. The zero-order valence-corrected chi connectivity index (χ0v) is 10.7. The fourth-order valence-corrected chi connectivity index (χ4v) is 1.53. The van der Waals surface area contributed by atoms with Crippen molar-refractivity contribution in [1.29, 1.82) is 0 Å². The molecule has 0 aliphatic heterocycles. The minimum absolute atomic E-state index is 0.0764. The van der Waals surface area contributed by atoms with E-state index in [1.807, 2.05) is 38.1 Å². The smallest absolute Gasteiger partial charge is 0.224 e. The van der Waals surface area contributed by atoms with Crippen LogP contribution in [0.3, 0.4) is 0 Å². The number of amides is 1. The predicted molar refractivity (Wildman–Crippen MR) is 66.3 cm³/mol. The number of rotatable bonds is 4. The van der Waals surface area contributed by atoms with E-state index in [1.165, 1.54) is 5.56 Å². The number of hydrogen-bond donors (Lipinski definition) is 1. The van der Waals surface area contributed by atoms with Crippen molar-refractivity contribution in [2.24, 2.45) is 0 Å². The molecule has 15 heavy (non-hydrogen) atoms. The molecule has 3 heteroatoms. The number of benzene rings is 1. The first-order valence-electron chi connectivity index (χ1n) is 5.02. The zero-order chi connectivity index (χ0) is 11.3. The van der Waals surface area contributed by atoms with Gasteiger partial charge in [-0.05, 0) is 19.4 Å². The second kappa shape index (κ2) is 5.91. The first kappa shape index (κ1) is 12.2. The van der Waals surface area contributed by atoms with Crippen molar-refractivity contribution in [1.82, 2.24) is 5.32 Å². The Morgan fingerprint density at radius 3 is 2.87 bits per heavy atom. The monoisotopic (exact) mass is 269 g/mol. The van der Waals surface area contributed by atoms with Gasteiger partial charge in [0.15, 0.2) is 0 Å². The molecule has 0 saturated carbocycles. The maximum Gasteiger partial charge on any atom is 0.224 e. The van der Waals surface area contributed by atoms with Gasteiger partial charge in [-0.1, -0.05) is 45.8 Å². The van der Waals surface area contributed by atoms with E-state index >= 15 is 0 Å². The molecule has 1 aromatic carbocycles. The van der Waals surface area contributed by atoms with E-state index in [2.05, 4.69) is 21.2 Å². The summed E-state index contributed by atoms with van der Waals surface area (Å²) in [5.41, 5.74) is 2.25. The van der Waals surface area contributed by atoms with Gasteiger partial charge in [0.05, 0.1) is 6.42 Å². The van der Waals surface area contributed by atoms with Crippen LogP contribution in [0.1, 0.15) is 18.1 Å². The molecule has 1 amide bonds. The van der Waals surface area contributed by atoms with Gasteiger partial charge >= 0.3 is 0 Å². The Morgan fingerprint density at radius 1 is 1.53 bits per heavy atom. The summed E-state index contributed by atoms with van der Waals surface area (Å²) in [5, 5.41) is 3.70. The van der Waals surface area contributed by atoms with Gasteiger partial charge in [0.25, 0.3) is 0 Å². The highest BCUT2D eigenvalue weighted by molar-refractivity contribution is 9.09. The molecule has 2 nitrogen and oxygen atoms in total. The summed E-state index contributed by atoms with van der Waals surface area (Å²) in [5.74, 6) is 0.0764. The molecule has 1 N–H and O–H groups in total. The van der Waals surface area contributed by atoms with E-state index in [9.17, 15) is 4.79 Å². The molecule has 82 valence electrons. The molecule has 0 fully saturated rings. The second-order valence-corrected chi connectivity index (χ2v) is 4.44. The van der Waals surface area contributed by atoms with Gasteiger partial charge in [0.2, 0.25) is 5.91 Å². The average Bonchev–Trinajstić information content (AvgIpc) is 2.17. The second-order valence-electron chi connectivity index (χ2n) is 3.79. The first-order valence-corrected chi connectivity index (χ1v) is 6.15. The van der Waals surface area contributed by atoms with Crippen LogP contribution in [0, 0.1) is 6.92 Å². The number of aryl methyl sites for hydroxylation is 1. The molecule has 0 saturated heterocycles. The molecular weight excluding hydrogens is 254 g/mol. The predicted octanol–water partition coefficient (Wildman–Crippen LogP) is 2.44. The molecule has 0 spiro atoms. The zero-order valence-electron chi connectivity index (χ0n) is 9.09. The van der Waals surface area contributed by atoms with Crippen LogP contribution in [0.5, 0.6) is 0 Å². The molecule has 0 aliphatic carbocycles. The van der Waals surface area contributed by atoms with Crippen LogP contribution in [0.15, 0.2) is 24.3 Å². The van der Waals surface area contributed by atoms with E-state index in [0.29, 0.717) is 6.42 Å². The SMILES string of the molecule is Cc1cccc(CC(=O)NC(C)CBr)c1. The summed E-state index contributed by atoms with van der Waals surface area (Å²) in [6.07, 6.45) is 0.457. The number of nitrogens with one attached hydrogen (secondary N) is 1. The summed E-state index contributed by atoms with van der Waals surface area (Å²) < 4.78 is 0. The van der Waals surface area contributed by atoms with Gasteiger partial charge in [0.1, 0.15) is 0 Å². The standard InChI is InChI=1S/C12H16BrNO/c1-9-4-3-5-11(6-9)7-12(15)14-10(2)8-13/h3-6,10H,7-8H2,1-2H3,(H,14,15). The Hall–Kier alpha value is -0.830. The van der Waals surface area contributed by atoms with Crippen molar-refractivity contribution in [2.75, 3.05) is 5.33 Å². The third kappa shape index (κ3) is 4.47. The molecule has 0 aromatic heterocycles. The van der Waals surface area contributed by atoms with Crippen LogP contribution in [0.4, 0.5) is 0 Å². The van der Waals surface area contributed by atoms with Crippen LogP contribution < -0.4 is 5.32 Å². The first-order chi connectivity index (χ1) is 7.11. The highest BCUT2D eigenvalue weighted by atomic mass is 79.9. The minimum Gasteiger partial charge on any atom is -0.353 e. The lowest BCUT2D eigenvalue weighted by atomic mass is 10.1. The van der Waals surface area contributed by atoms with Gasteiger partial charge in [-0.3, -0.25) is 4.79 Å². The number of alkyl halides is 1. The summed E-state index contributed by atoms with van der Waals surface area (Å²) in [4.78, 5) is 11.6. The summed E-state index contributed by atoms with van der Waals surface area (Å²) >= 11 is 3.33. The largest absolute Gasteiger partial charge is 0.353 e. The Kier molecular flexibility index (Phi) is 4.82. The van der Waals surface area contributed by atoms with Gasteiger partial charge in [-0.15, -0.1) is 0 Å². The van der Waals surface area contributed by atoms with E-state index < -0.39 is 0 Å². The Balaban J connectivity index is 2.51. The number of hydrogen-bond acceptors (Lipinski definition) is 1. The molecular formula is C12H16BrNO. The quantitative estimate of drug-likeness (QED) is 0.836. The molecule has 0 radical (unpaired) electrons. The van der Waals surface area contributed by atoms with Crippen LogP contribution in [0.2, 0.25) is 0 Å². The maximum absolute atomic E-state index is 11.6. The topological polar surface area (TPSA) is 29.1 Å². The molecule has 0 aliphatic rings. The highest BCUT2D eigenvalue weighted by Gasteiger charge is 2.06. The molecule has 1 aromatic rings. The lowest BCUT2D eigenvalue weighted by molar-refractivity contribution is -0.120. The van der Waals surface area contributed by atoms with Gasteiger partial charge in [-0.2, -0.15) is 0 Å². The fourth-order valence-electron chi connectivity index (χ4n) is 1.37. The van der Waals surface area contributed by atoms with Crippen molar-refractivity contribution in [2.45, 2.75) is 26.3 Å². The van der Waals surface area contributed by atoms with E-state index in [1.54, 1.807) is 0 Å². The third-order valence-corrected chi connectivity index (χ3v) is 3.06. The van der Waals surface area contributed by atoms with Crippen LogP contribution in [-0.4, -0.2) is 17.3 Å². The van der Waals surface area contributed by atoms with E-state index in [-0.39, 0.29) is 11.9 Å².